The van der Waals surface area contributed by atoms with Crippen molar-refractivity contribution in [3.8, 4) is 5.75 Å². The van der Waals surface area contributed by atoms with Crippen molar-refractivity contribution in [1.29, 1.82) is 0 Å². The minimum Gasteiger partial charge on any atom is -0.491 e. The molecule has 0 radical (unpaired) electrons. The molecule has 1 aliphatic heterocycles. The summed E-state index contributed by atoms with van der Waals surface area (Å²) >= 11 is 1.58. The minimum atomic E-state index is -0.950. The molecule has 2 aromatic rings. The Morgan fingerprint density at radius 3 is 2.67 bits per heavy atom. The van der Waals surface area contributed by atoms with E-state index >= 15 is 0 Å². The highest BCUT2D eigenvalue weighted by molar-refractivity contribution is 7.09. The quantitative estimate of drug-likeness (QED) is 0.373. The highest BCUT2D eigenvalue weighted by Gasteiger charge is 2.24. The van der Waals surface area contributed by atoms with Crippen LogP contribution in [0.4, 0.5) is 0 Å². The number of carbonyl (C=O) groups excluding carboxylic acids is 5. The normalized spacial score (nSPS) is 20.0. The Bertz CT molecular complexity index is 1270. The molecule has 4 N–H and O–H groups in total. The lowest BCUT2D eigenvalue weighted by molar-refractivity contribution is -0.135. The van der Waals surface area contributed by atoms with E-state index in [1.54, 1.807) is 49.6 Å². The molecule has 234 valence electrons. The van der Waals surface area contributed by atoms with Gasteiger partial charge in [-0.3, -0.25) is 24.0 Å². The van der Waals surface area contributed by atoms with Gasteiger partial charge in [0.2, 0.25) is 23.6 Å². The molecule has 43 heavy (non-hydrogen) atoms. The summed E-state index contributed by atoms with van der Waals surface area (Å²) in [5.41, 5.74) is 1.19. The van der Waals surface area contributed by atoms with Crippen molar-refractivity contribution in [1.82, 2.24) is 31.2 Å². The number of fused-ring (bicyclic) bond motifs is 1. The van der Waals surface area contributed by atoms with Gasteiger partial charge in [-0.2, -0.15) is 0 Å². The summed E-state index contributed by atoms with van der Waals surface area (Å²) in [6, 6.07) is 5.27. The fraction of sp³-hybridized carbons (Fsp3) is 0.533. The Kier molecular flexibility index (Phi) is 13.4. The van der Waals surface area contributed by atoms with Crippen LogP contribution in [0.3, 0.4) is 0 Å². The molecule has 0 unspecified atom stereocenters. The largest absolute Gasteiger partial charge is 0.491 e. The van der Waals surface area contributed by atoms with Crippen LogP contribution in [0.15, 0.2) is 29.6 Å². The lowest BCUT2D eigenvalue weighted by atomic mass is 10.1. The Balaban J connectivity index is 1.70. The molecule has 2 heterocycles. The molecule has 1 aromatic heterocycles. The maximum Gasteiger partial charge on any atom is 0.255 e. The second-order valence-electron chi connectivity index (χ2n) is 10.7. The number of thiazole rings is 1. The summed E-state index contributed by atoms with van der Waals surface area (Å²) in [7, 11) is 1.57. The van der Waals surface area contributed by atoms with Crippen molar-refractivity contribution < 1.29 is 28.7 Å². The zero-order valence-electron chi connectivity index (χ0n) is 25.1. The van der Waals surface area contributed by atoms with Crippen molar-refractivity contribution in [3.63, 3.8) is 0 Å². The Morgan fingerprint density at radius 1 is 1.12 bits per heavy atom. The monoisotopic (exact) mass is 614 g/mol. The number of para-hydroxylation sites is 1. The molecule has 0 saturated carbocycles. The fourth-order valence-electron chi connectivity index (χ4n) is 4.44. The third kappa shape index (κ3) is 11.7. The SMILES string of the molecule is Cc1csc(CCCNC(=O)[C@@H]2CCC(=O)NCCCCC(=O)N(C)CC(=O)N[C@@H](C)COc3ccccc3C(=O)N2)n1. The highest BCUT2D eigenvalue weighted by atomic mass is 32.1. The fourth-order valence-corrected chi connectivity index (χ4v) is 5.26. The number of benzene rings is 1. The molecule has 0 spiro atoms. The molecular weight excluding hydrogens is 572 g/mol. The van der Waals surface area contributed by atoms with E-state index in [-0.39, 0.29) is 67.4 Å². The first-order chi connectivity index (χ1) is 20.6. The third-order valence-corrected chi connectivity index (χ3v) is 7.82. The van der Waals surface area contributed by atoms with Gasteiger partial charge in [0.05, 0.1) is 23.2 Å². The predicted molar refractivity (Wildman–Crippen MR) is 163 cm³/mol. The second-order valence-corrected chi connectivity index (χ2v) is 11.6. The summed E-state index contributed by atoms with van der Waals surface area (Å²) in [5, 5.41) is 14.3. The average molecular weight is 615 g/mol. The van der Waals surface area contributed by atoms with E-state index in [2.05, 4.69) is 26.3 Å². The van der Waals surface area contributed by atoms with E-state index in [1.807, 2.05) is 12.3 Å². The summed E-state index contributed by atoms with van der Waals surface area (Å²) in [6.45, 7) is 4.46. The van der Waals surface area contributed by atoms with Crippen LogP contribution in [0.25, 0.3) is 0 Å². The van der Waals surface area contributed by atoms with Gasteiger partial charge in [-0.1, -0.05) is 12.1 Å². The van der Waals surface area contributed by atoms with Crippen LogP contribution in [0.2, 0.25) is 0 Å². The van der Waals surface area contributed by atoms with E-state index < -0.39 is 18.0 Å². The molecule has 12 nitrogen and oxygen atoms in total. The van der Waals surface area contributed by atoms with Crippen LogP contribution in [0.5, 0.6) is 5.75 Å². The van der Waals surface area contributed by atoms with Crippen molar-refractivity contribution in [2.45, 2.75) is 70.9 Å². The molecule has 0 fully saturated rings. The first kappa shape index (κ1) is 33.5. The molecule has 0 saturated heterocycles. The number of aromatic nitrogens is 1. The molecule has 1 aliphatic rings. The third-order valence-electron chi connectivity index (χ3n) is 6.79. The first-order valence-corrected chi connectivity index (χ1v) is 15.5. The molecular formula is C30H42N6O6S. The lowest BCUT2D eigenvalue weighted by Gasteiger charge is -2.21. The average Bonchev–Trinajstić information content (AvgIpc) is 3.40. The summed E-state index contributed by atoms with van der Waals surface area (Å²) < 4.78 is 5.88. The number of aryl methyl sites for hydroxylation is 2. The van der Waals surface area contributed by atoms with Gasteiger partial charge in [0.15, 0.2) is 0 Å². The van der Waals surface area contributed by atoms with E-state index in [4.69, 9.17) is 4.74 Å². The van der Waals surface area contributed by atoms with Crippen LogP contribution in [-0.2, 0) is 25.6 Å². The van der Waals surface area contributed by atoms with Crippen molar-refractivity contribution in [2.24, 2.45) is 0 Å². The van der Waals surface area contributed by atoms with Crippen LogP contribution in [0, 0.1) is 6.92 Å². The second kappa shape index (κ2) is 17.2. The van der Waals surface area contributed by atoms with Gasteiger partial charge < -0.3 is 30.9 Å². The molecule has 5 amide bonds. The molecule has 2 atom stereocenters. The van der Waals surface area contributed by atoms with E-state index in [9.17, 15) is 24.0 Å². The Labute approximate surface area is 256 Å². The molecule has 13 heteroatoms. The molecule has 3 rings (SSSR count). The zero-order valence-corrected chi connectivity index (χ0v) is 25.9. The van der Waals surface area contributed by atoms with Gasteiger partial charge >= 0.3 is 0 Å². The standard InChI is InChI=1S/C30H42N6O6S/c1-20-18-42-24-10-5-4-9-22(24)29(40)35-23(30(41)32-16-8-11-27-34-21(2)19-43-27)13-14-25(37)31-15-7-6-12-28(39)36(3)17-26(38)33-20/h4-5,9-10,19-20,23H,6-8,11-18H2,1-3H3,(H,31,37)(H,32,41)(H,33,38)(H,35,40)/t20-,23-/m0/s1. The van der Waals surface area contributed by atoms with Crippen LogP contribution in [0.1, 0.15) is 66.5 Å². The number of likely N-dealkylation sites (N-methyl/N-ethyl adjacent to an activating group) is 1. The van der Waals surface area contributed by atoms with Gasteiger partial charge in [0.1, 0.15) is 18.4 Å². The predicted octanol–water partition coefficient (Wildman–Crippen LogP) is 1.72. The van der Waals surface area contributed by atoms with Crippen molar-refractivity contribution in [2.75, 3.05) is 33.3 Å². The van der Waals surface area contributed by atoms with Gasteiger partial charge in [-0.05, 0) is 51.7 Å². The molecule has 0 bridgehead atoms. The number of nitrogens with one attached hydrogen (secondary N) is 4. The number of hydrogen-bond acceptors (Lipinski definition) is 8. The van der Waals surface area contributed by atoms with Crippen molar-refractivity contribution in [3.05, 3.63) is 45.9 Å². The van der Waals surface area contributed by atoms with Gasteiger partial charge in [0, 0.05) is 50.5 Å². The number of nitrogens with zero attached hydrogens (tertiary/aromatic N) is 2. The number of ether oxygens (including phenoxy) is 1. The maximum atomic E-state index is 13.3. The molecule has 1 aromatic carbocycles. The van der Waals surface area contributed by atoms with Crippen LogP contribution in [-0.4, -0.2) is 84.8 Å². The Morgan fingerprint density at radius 2 is 1.91 bits per heavy atom. The van der Waals surface area contributed by atoms with Crippen LogP contribution >= 0.6 is 11.3 Å². The number of hydrogen-bond donors (Lipinski definition) is 4. The van der Waals surface area contributed by atoms with Gasteiger partial charge in [-0.15, -0.1) is 11.3 Å². The smallest absolute Gasteiger partial charge is 0.255 e. The summed E-state index contributed by atoms with van der Waals surface area (Å²) in [4.78, 5) is 69.7. The zero-order chi connectivity index (χ0) is 31.2. The lowest BCUT2D eigenvalue weighted by Crippen LogP contribution is -2.47. The topological polar surface area (TPSA) is 159 Å². The van der Waals surface area contributed by atoms with Gasteiger partial charge in [-0.25, -0.2) is 4.98 Å². The Hall–Kier alpha value is -4.00. The summed E-state index contributed by atoms with van der Waals surface area (Å²) in [5.74, 6) is -1.36. The minimum absolute atomic E-state index is 0.0296. The molecule has 0 aliphatic carbocycles. The van der Waals surface area contributed by atoms with Crippen molar-refractivity contribution >= 4 is 40.9 Å². The van der Waals surface area contributed by atoms with Crippen LogP contribution < -0.4 is 26.0 Å². The number of amides is 5. The maximum absolute atomic E-state index is 13.3. The first-order valence-electron chi connectivity index (χ1n) is 14.6. The number of carbonyl (C=O) groups is 5. The highest BCUT2D eigenvalue weighted by Crippen LogP contribution is 2.19. The van der Waals surface area contributed by atoms with Gasteiger partial charge in [0.25, 0.3) is 5.91 Å². The van der Waals surface area contributed by atoms with E-state index in [0.717, 1.165) is 17.1 Å². The van der Waals surface area contributed by atoms with E-state index in [1.165, 1.54) is 4.90 Å². The number of rotatable bonds is 5. The van der Waals surface area contributed by atoms with E-state index in [0.29, 0.717) is 32.4 Å². The summed E-state index contributed by atoms with van der Waals surface area (Å²) in [6.07, 6.45) is 2.93.